The van der Waals surface area contributed by atoms with Crippen LogP contribution in [0.4, 0.5) is 11.4 Å². The molecule has 0 N–H and O–H groups in total. The van der Waals surface area contributed by atoms with Gasteiger partial charge in [-0.05, 0) is 72.2 Å². The lowest BCUT2D eigenvalue weighted by molar-refractivity contribution is 0.669. The lowest BCUT2D eigenvalue weighted by Crippen LogP contribution is -2.30. The Morgan fingerprint density at radius 3 is 2.04 bits per heavy atom. The molecular weight excluding hydrogens is 597 g/mol. The van der Waals surface area contributed by atoms with Crippen molar-refractivity contribution in [3.8, 4) is 0 Å². The van der Waals surface area contributed by atoms with Crippen LogP contribution in [0.1, 0.15) is 12.0 Å². The number of para-hydroxylation sites is 3. The number of benzene rings is 5. The summed E-state index contributed by atoms with van der Waals surface area (Å²) in [5, 5.41) is 4.85. The van der Waals surface area contributed by atoms with E-state index in [1.54, 1.807) is 0 Å². The van der Waals surface area contributed by atoms with Gasteiger partial charge >= 0.3 is 0 Å². The second-order valence-corrected chi connectivity index (χ2v) is 13.2. The van der Waals surface area contributed by atoms with Crippen molar-refractivity contribution in [1.29, 1.82) is 0 Å². The van der Waals surface area contributed by atoms with Gasteiger partial charge in [0.1, 0.15) is 11.2 Å². The van der Waals surface area contributed by atoms with Gasteiger partial charge in [0.2, 0.25) is 0 Å². The molecule has 3 heteroatoms. The van der Waals surface area contributed by atoms with Crippen LogP contribution >= 0.6 is 0 Å². The van der Waals surface area contributed by atoms with E-state index in [2.05, 4.69) is 173 Å². The molecule has 0 radical (unpaired) electrons. The van der Waals surface area contributed by atoms with E-state index in [9.17, 15) is 0 Å². The van der Waals surface area contributed by atoms with Crippen molar-refractivity contribution in [2.75, 3.05) is 4.90 Å². The van der Waals surface area contributed by atoms with Gasteiger partial charge in [-0.15, -0.1) is 0 Å². The zero-order chi connectivity index (χ0) is 32.3. The first kappa shape index (κ1) is 28.0. The van der Waals surface area contributed by atoms with Crippen molar-refractivity contribution >= 4 is 66.4 Å². The first-order chi connectivity index (χ1) is 24.3. The van der Waals surface area contributed by atoms with E-state index in [0.29, 0.717) is 11.8 Å². The van der Waals surface area contributed by atoms with E-state index in [-0.39, 0.29) is 6.04 Å². The van der Waals surface area contributed by atoms with E-state index < -0.39 is 0 Å². The predicted octanol–water partition coefficient (Wildman–Crippen LogP) is 12.0. The Bertz CT molecular complexity index is 2550. The fourth-order valence-corrected chi connectivity index (χ4v) is 8.17. The van der Waals surface area contributed by atoms with Crippen LogP contribution in [0.2, 0.25) is 0 Å². The summed E-state index contributed by atoms with van der Waals surface area (Å²) in [5.74, 6) is 0.792. The van der Waals surface area contributed by atoms with Crippen LogP contribution in [-0.2, 0) is 0 Å². The quantitative estimate of drug-likeness (QED) is 0.189. The molecule has 3 nitrogen and oxygen atoms in total. The average Bonchev–Trinajstić information content (AvgIpc) is 3.71. The van der Waals surface area contributed by atoms with Crippen LogP contribution in [0.25, 0.3) is 55.0 Å². The second kappa shape index (κ2) is 11.3. The molecule has 10 rings (SSSR count). The Kier molecular flexibility index (Phi) is 6.45. The van der Waals surface area contributed by atoms with Gasteiger partial charge < -0.3 is 13.9 Å². The minimum atomic E-state index is 0.130. The van der Waals surface area contributed by atoms with Crippen molar-refractivity contribution in [3.05, 3.63) is 182 Å². The topological polar surface area (TPSA) is 21.3 Å². The minimum absolute atomic E-state index is 0.130. The Hall–Kier alpha value is -6.06. The summed E-state index contributed by atoms with van der Waals surface area (Å²) in [6.45, 7) is 0. The van der Waals surface area contributed by atoms with Crippen LogP contribution < -0.4 is 4.90 Å². The molecule has 3 aliphatic rings. The standard InChI is InChI=1S/C46H34N2O/c1-2-12-37-31(10-1)11-9-16-38(37)32-20-22-33(23-21-32)47(36-28-29-46-42(30-36)41-15-5-8-19-45(41)49-46)34-24-26-35(27-25-34)48-43-17-6-3-13-39(43)40-14-4-7-18-44(40)48/h1-24,26-31,34,37H,25H2. The highest BCUT2D eigenvalue weighted by Gasteiger charge is 2.26. The van der Waals surface area contributed by atoms with Gasteiger partial charge in [0.05, 0.1) is 17.1 Å². The van der Waals surface area contributed by atoms with Crippen molar-refractivity contribution in [3.63, 3.8) is 0 Å². The molecule has 0 amide bonds. The highest BCUT2D eigenvalue weighted by molar-refractivity contribution is 6.10. The third-order valence-corrected chi connectivity index (χ3v) is 10.5. The number of nitrogens with zero attached hydrogens (tertiary/aromatic N) is 2. The second-order valence-electron chi connectivity index (χ2n) is 13.2. The predicted molar refractivity (Wildman–Crippen MR) is 206 cm³/mol. The molecule has 0 spiro atoms. The number of aromatic nitrogens is 1. The maximum absolute atomic E-state index is 6.22. The summed E-state index contributed by atoms with van der Waals surface area (Å²) in [4.78, 5) is 2.49. The molecule has 5 aromatic carbocycles. The number of allylic oxidation sites excluding steroid dienone is 10. The highest BCUT2D eigenvalue weighted by atomic mass is 16.3. The third kappa shape index (κ3) is 4.57. The van der Waals surface area contributed by atoms with Crippen molar-refractivity contribution in [1.82, 2.24) is 4.57 Å². The third-order valence-electron chi connectivity index (χ3n) is 10.5. The van der Waals surface area contributed by atoms with E-state index in [0.717, 1.165) is 34.0 Å². The molecular formula is C46H34N2O. The lowest BCUT2D eigenvalue weighted by Gasteiger charge is -2.34. The molecule has 0 saturated carbocycles. The van der Waals surface area contributed by atoms with Crippen molar-refractivity contribution in [2.24, 2.45) is 11.8 Å². The zero-order valence-electron chi connectivity index (χ0n) is 27.0. The van der Waals surface area contributed by atoms with Gasteiger partial charge in [-0.1, -0.05) is 121 Å². The summed E-state index contributed by atoms with van der Waals surface area (Å²) in [7, 11) is 0. The summed E-state index contributed by atoms with van der Waals surface area (Å²) < 4.78 is 8.63. The average molecular weight is 631 g/mol. The molecule has 0 bridgehead atoms. The normalized spacial score (nSPS) is 19.9. The van der Waals surface area contributed by atoms with E-state index in [1.165, 1.54) is 44.3 Å². The van der Waals surface area contributed by atoms with Crippen LogP contribution in [0.15, 0.2) is 180 Å². The molecule has 2 aromatic heterocycles. The number of fused-ring (bicyclic) bond motifs is 7. The number of rotatable bonds is 5. The molecule has 0 saturated heterocycles. The SMILES string of the molecule is C1=CC2C=CC=C(c3ccc(N(c4ccc5oc6ccccc6c5c4)C4C=CC(n5c6ccccc6c6ccccc65)=CC4)cc3)C2C=C1. The highest BCUT2D eigenvalue weighted by Crippen LogP contribution is 2.41. The van der Waals surface area contributed by atoms with E-state index >= 15 is 0 Å². The van der Waals surface area contributed by atoms with Crippen LogP contribution in [-0.4, -0.2) is 10.6 Å². The van der Waals surface area contributed by atoms with Gasteiger partial charge in [0, 0.05) is 50.5 Å². The summed E-state index contributed by atoms with van der Waals surface area (Å²) in [6, 6.07) is 41.7. The number of anilines is 2. The molecule has 7 aromatic rings. The lowest BCUT2D eigenvalue weighted by atomic mass is 9.77. The summed E-state index contributed by atoms with van der Waals surface area (Å²) >= 11 is 0. The van der Waals surface area contributed by atoms with Crippen molar-refractivity contribution < 1.29 is 4.42 Å². The van der Waals surface area contributed by atoms with Gasteiger partial charge in [0.25, 0.3) is 0 Å². The number of hydrogen-bond acceptors (Lipinski definition) is 2. The van der Waals surface area contributed by atoms with Crippen molar-refractivity contribution in [2.45, 2.75) is 12.5 Å². The largest absolute Gasteiger partial charge is 0.456 e. The molecule has 234 valence electrons. The van der Waals surface area contributed by atoms with Gasteiger partial charge in [-0.2, -0.15) is 0 Å². The maximum Gasteiger partial charge on any atom is 0.135 e. The first-order valence-electron chi connectivity index (χ1n) is 17.2. The van der Waals surface area contributed by atoms with Crippen LogP contribution in [0.3, 0.4) is 0 Å². The Labute approximate surface area is 285 Å². The van der Waals surface area contributed by atoms with Gasteiger partial charge in [-0.25, -0.2) is 0 Å². The summed E-state index contributed by atoms with van der Waals surface area (Å²) in [5.41, 5.74) is 10.5. The van der Waals surface area contributed by atoms with E-state index in [1.807, 2.05) is 12.1 Å². The number of furan rings is 1. The molecule has 0 fully saturated rings. The molecule has 3 unspecified atom stereocenters. The zero-order valence-corrected chi connectivity index (χ0v) is 27.0. The van der Waals surface area contributed by atoms with Gasteiger partial charge in [0.15, 0.2) is 0 Å². The smallest absolute Gasteiger partial charge is 0.135 e. The Morgan fingerprint density at radius 2 is 1.27 bits per heavy atom. The fourth-order valence-electron chi connectivity index (χ4n) is 8.17. The molecule has 0 aliphatic heterocycles. The molecule has 49 heavy (non-hydrogen) atoms. The Morgan fingerprint density at radius 1 is 0.592 bits per heavy atom. The van der Waals surface area contributed by atoms with Gasteiger partial charge in [-0.3, -0.25) is 0 Å². The first-order valence-corrected chi connectivity index (χ1v) is 17.2. The molecule has 2 heterocycles. The maximum atomic E-state index is 6.22. The number of hydrogen-bond donors (Lipinski definition) is 0. The molecule has 3 atom stereocenters. The monoisotopic (exact) mass is 630 g/mol. The van der Waals surface area contributed by atoms with E-state index in [4.69, 9.17) is 4.42 Å². The minimum Gasteiger partial charge on any atom is -0.456 e. The van der Waals surface area contributed by atoms with Crippen LogP contribution in [0.5, 0.6) is 0 Å². The van der Waals surface area contributed by atoms with Crippen LogP contribution in [0, 0.1) is 11.8 Å². The molecule has 3 aliphatic carbocycles. The summed E-state index contributed by atoms with van der Waals surface area (Å²) in [6.07, 6.45) is 23.7. The Balaban J connectivity index is 1.05. The fraction of sp³-hybridized carbons (Fsp3) is 0.0870.